The fourth-order valence-electron chi connectivity index (χ4n) is 5.02. The molecule has 3 aliphatic rings. The first-order chi connectivity index (χ1) is 15.5. The Morgan fingerprint density at radius 1 is 0.781 bits per heavy atom. The van der Waals surface area contributed by atoms with Crippen molar-refractivity contribution in [3.8, 4) is 0 Å². The van der Waals surface area contributed by atoms with E-state index in [2.05, 4.69) is 0 Å². The van der Waals surface area contributed by atoms with E-state index in [-0.39, 0.29) is 35.5 Å². The normalized spacial score (nSPS) is 23.4. The van der Waals surface area contributed by atoms with Crippen LogP contribution in [-0.2, 0) is 9.59 Å². The second-order valence-electron chi connectivity index (χ2n) is 8.62. The number of benzene rings is 1. The number of furan rings is 1. The Kier molecular flexibility index (Phi) is 5.28. The fourth-order valence-corrected chi connectivity index (χ4v) is 5.02. The van der Waals surface area contributed by atoms with E-state index in [9.17, 15) is 19.2 Å². The van der Waals surface area contributed by atoms with Crippen molar-refractivity contribution in [2.24, 2.45) is 11.8 Å². The number of piperazine rings is 1. The minimum absolute atomic E-state index is 0.115. The molecule has 4 amide bonds. The number of nitrogens with zero attached hydrogens (tertiary/aromatic N) is 3. The number of amides is 4. The molecule has 8 heteroatoms. The predicted molar refractivity (Wildman–Crippen MR) is 115 cm³/mol. The third kappa shape index (κ3) is 3.49. The number of imide groups is 1. The highest BCUT2D eigenvalue weighted by molar-refractivity contribution is 6.22. The van der Waals surface area contributed by atoms with Gasteiger partial charge in [0.05, 0.1) is 23.8 Å². The summed E-state index contributed by atoms with van der Waals surface area (Å²) in [5.41, 5.74) is 1.02. The molecular formula is C24H25N3O5. The maximum absolute atomic E-state index is 12.9. The van der Waals surface area contributed by atoms with Crippen LogP contribution < -0.4 is 4.90 Å². The Hall–Kier alpha value is -3.42. The molecule has 0 spiro atoms. The van der Waals surface area contributed by atoms with E-state index in [0.29, 0.717) is 43.2 Å². The summed E-state index contributed by atoms with van der Waals surface area (Å²) in [6.45, 7) is 1.73. The zero-order chi connectivity index (χ0) is 22.2. The maximum atomic E-state index is 12.9. The molecule has 1 aliphatic carbocycles. The Morgan fingerprint density at radius 2 is 1.34 bits per heavy atom. The lowest BCUT2D eigenvalue weighted by atomic mass is 9.81. The van der Waals surface area contributed by atoms with Crippen LogP contribution in [0.2, 0.25) is 0 Å². The van der Waals surface area contributed by atoms with Gasteiger partial charge in [-0.15, -0.1) is 0 Å². The number of carbonyl (C=O) groups is 4. The predicted octanol–water partition coefficient (Wildman–Crippen LogP) is 2.56. The van der Waals surface area contributed by atoms with Crippen molar-refractivity contribution in [3.63, 3.8) is 0 Å². The van der Waals surface area contributed by atoms with Gasteiger partial charge in [-0.2, -0.15) is 0 Å². The van der Waals surface area contributed by atoms with Gasteiger partial charge in [-0.1, -0.05) is 12.8 Å². The molecule has 2 unspecified atom stereocenters. The van der Waals surface area contributed by atoms with Crippen LogP contribution in [0.5, 0.6) is 0 Å². The maximum Gasteiger partial charge on any atom is 0.289 e. The first kappa shape index (κ1) is 20.5. The molecule has 0 N–H and O–H groups in total. The van der Waals surface area contributed by atoms with Gasteiger partial charge < -0.3 is 14.2 Å². The van der Waals surface area contributed by atoms with Crippen LogP contribution in [0.3, 0.4) is 0 Å². The molecular weight excluding hydrogens is 410 g/mol. The molecule has 8 nitrogen and oxygen atoms in total. The third-order valence-corrected chi connectivity index (χ3v) is 6.80. The topological polar surface area (TPSA) is 91.1 Å². The zero-order valence-electron chi connectivity index (χ0n) is 17.7. The molecule has 1 aromatic carbocycles. The van der Waals surface area contributed by atoms with Crippen molar-refractivity contribution in [3.05, 3.63) is 54.0 Å². The molecule has 166 valence electrons. The van der Waals surface area contributed by atoms with Crippen LogP contribution >= 0.6 is 0 Å². The molecule has 0 radical (unpaired) electrons. The monoisotopic (exact) mass is 435 g/mol. The van der Waals surface area contributed by atoms with Crippen LogP contribution in [0.15, 0.2) is 47.1 Å². The number of anilines is 1. The first-order valence-corrected chi connectivity index (χ1v) is 11.1. The van der Waals surface area contributed by atoms with Crippen LogP contribution in [0.25, 0.3) is 0 Å². The van der Waals surface area contributed by atoms with Crippen molar-refractivity contribution in [1.29, 1.82) is 0 Å². The molecule has 32 heavy (non-hydrogen) atoms. The van der Waals surface area contributed by atoms with E-state index in [0.717, 1.165) is 25.7 Å². The molecule has 2 atom stereocenters. The van der Waals surface area contributed by atoms with Gasteiger partial charge in [-0.25, -0.2) is 0 Å². The highest BCUT2D eigenvalue weighted by Crippen LogP contribution is 2.40. The summed E-state index contributed by atoms with van der Waals surface area (Å²) in [6.07, 6.45) is 4.99. The minimum atomic E-state index is -0.197. The first-order valence-electron chi connectivity index (χ1n) is 11.1. The lowest BCUT2D eigenvalue weighted by molar-refractivity contribution is -0.122. The summed E-state index contributed by atoms with van der Waals surface area (Å²) in [7, 11) is 0. The average molecular weight is 435 g/mol. The van der Waals surface area contributed by atoms with E-state index in [4.69, 9.17) is 4.42 Å². The molecule has 3 heterocycles. The number of rotatable bonds is 3. The third-order valence-electron chi connectivity index (χ3n) is 6.80. The lowest BCUT2D eigenvalue weighted by Crippen LogP contribution is -2.50. The summed E-state index contributed by atoms with van der Waals surface area (Å²) in [6, 6.07) is 10.00. The number of fused-ring (bicyclic) bond motifs is 1. The van der Waals surface area contributed by atoms with E-state index < -0.39 is 0 Å². The van der Waals surface area contributed by atoms with Crippen molar-refractivity contribution in [1.82, 2.24) is 9.80 Å². The van der Waals surface area contributed by atoms with Crippen LogP contribution in [0.1, 0.15) is 46.6 Å². The molecule has 2 saturated heterocycles. The van der Waals surface area contributed by atoms with Gasteiger partial charge in [-0.05, 0) is 49.2 Å². The van der Waals surface area contributed by atoms with Crippen molar-refractivity contribution in [2.45, 2.75) is 25.7 Å². The summed E-state index contributed by atoms with van der Waals surface area (Å²) >= 11 is 0. The van der Waals surface area contributed by atoms with Gasteiger partial charge in [0.15, 0.2) is 5.76 Å². The smallest absolute Gasteiger partial charge is 0.289 e. The van der Waals surface area contributed by atoms with Gasteiger partial charge in [0.25, 0.3) is 11.8 Å². The van der Waals surface area contributed by atoms with Crippen molar-refractivity contribution < 1.29 is 23.6 Å². The van der Waals surface area contributed by atoms with Gasteiger partial charge in [-0.3, -0.25) is 24.1 Å². The lowest BCUT2D eigenvalue weighted by Gasteiger charge is -2.34. The van der Waals surface area contributed by atoms with Crippen LogP contribution in [0, 0.1) is 11.8 Å². The molecule has 2 aromatic rings. The average Bonchev–Trinajstić information content (AvgIpc) is 3.46. The van der Waals surface area contributed by atoms with Gasteiger partial charge in [0, 0.05) is 31.7 Å². The summed E-state index contributed by atoms with van der Waals surface area (Å²) in [4.78, 5) is 55.6. The second-order valence-corrected chi connectivity index (χ2v) is 8.62. The highest BCUT2D eigenvalue weighted by atomic mass is 16.3. The van der Waals surface area contributed by atoms with Gasteiger partial charge in [0.1, 0.15) is 0 Å². The van der Waals surface area contributed by atoms with Crippen molar-refractivity contribution in [2.75, 3.05) is 31.1 Å². The molecule has 0 bridgehead atoms. The number of carbonyl (C=O) groups excluding carboxylic acids is 4. The molecule has 2 aliphatic heterocycles. The van der Waals surface area contributed by atoms with Crippen LogP contribution in [0.4, 0.5) is 5.69 Å². The van der Waals surface area contributed by atoms with E-state index in [1.165, 1.54) is 11.2 Å². The Labute approximate surface area is 185 Å². The van der Waals surface area contributed by atoms with E-state index in [1.807, 2.05) is 0 Å². The van der Waals surface area contributed by atoms with Gasteiger partial charge in [0.2, 0.25) is 11.8 Å². The zero-order valence-corrected chi connectivity index (χ0v) is 17.7. The summed E-state index contributed by atoms with van der Waals surface area (Å²) < 4.78 is 5.17. The number of hydrogen-bond acceptors (Lipinski definition) is 5. The minimum Gasteiger partial charge on any atom is -0.459 e. The van der Waals surface area contributed by atoms with E-state index >= 15 is 0 Å². The summed E-state index contributed by atoms with van der Waals surface area (Å²) in [5.74, 6) is -0.629. The molecule has 1 saturated carbocycles. The van der Waals surface area contributed by atoms with Crippen LogP contribution in [-0.4, -0.2) is 59.6 Å². The quantitative estimate of drug-likeness (QED) is 0.691. The Bertz CT molecular complexity index is 1010. The highest BCUT2D eigenvalue weighted by Gasteiger charge is 2.48. The van der Waals surface area contributed by atoms with E-state index in [1.54, 1.807) is 46.2 Å². The Morgan fingerprint density at radius 3 is 1.88 bits per heavy atom. The standard InChI is InChI=1S/C24H25N3O5/c28-21(25-11-13-26(14-12-25)24(31)20-6-3-15-32-20)16-7-9-17(10-8-16)27-22(29)18-4-1-2-5-19(18)23(27)30/h3,6-10,15,18-19H,1-2,4-5,11-14H2. The fraction of sp³-hybridized carbons (Fsp3) is 0.417. The Balaban J connectivity index is 1.23. The SMILES string of the molecule is O=C(c1ccc(N2C(=O)C3CCCCC3C2=O)cc1)N1CCN(C(=O)c2ccco2)CC1. The largest absolute Gasteiger partial charge is 0.459 e. The molecule has 3 fully saturated rings. The van der Waals surface area contributed by atoms with Gasteiger partial charge >= 0.3 is 0 Å². The second kappa shape index (κ2) is 8.26. The summed E-state index contributed by atoms with van der Waals surface area (Å²) in [5, 5.41) is 0. The number of hydrogen-bond donors (Lipinski definition) is 0. The molecule has 1 aromatic heterocycles. The molecule has 5 rings (SSSR count). The van der Waals surface area contributed by atoms with Crippen molar-refractivity contribution >= 4 is 29.3 Å².